The van der Waals surface area contributed by atoms with Gasteiger partial charge in [0, 0.05) is 13.1 Å². The molecule has 0 radical (unpaired) electrons. The standard InChI is InChI=1S/C26H28N2O/c29-26(24-17-10-18-28(20-24)19-21-11-4-1-5-12-21)27-25(22-13-6-2-7-14-22)23-15-8-3-9-16-23/h1-9,11-16,24-25H,10,17-20H2,(H,27,29). The Bertz CT molecular complexity index is 856. The van der Waals surface area contributed by atoms with Crippen LogP contribution in [0.1, 0.15) is 35.6 Å². The zero-order valence-corrected chi connectivity index (χ0v) is 16.7. The van der Waals surface area contributed by atoms with Crippen molar-refractivity contribution in [3.8, 4) is 0 Å². The minimum Gasteiger partial charge on any atom is -0.345 e. The minimum atomic E-state index is -0.116. The predicted molar refractivity (Wildman–Crippen MR) is 117 cm³/mol. The van der Waals surface area contributed by atoms with E-state index in [1.165, 1.54) is 5.56 Å². The second kappa shape index (κ2) is 9.53. The Morgan fingerprint density at radius 3 is 2.00 bits per heavy atom. The van der Waals surface area contributed by atoms with Gasteiger partial charge in [0.05, 0.1) is 12.0 Å². The summed E-state index contributed by atoms with van der Waals surface area (Å²) in [7, 11) is 0. The van der Waals surface area contributed by atoms with Gasteiger partial charge >= 0.3 is 0 Å². The van der Waals surface area contributed by atoms with Crippen LogP contribution in [0.4, 0.5) is 0 Å². The highest BCUT2D eigenvalue weighted by atomic mass is 16.2. The van der Waals surface area contributed by atoms with Crippen molar-refractivity contribution >= 4 is 5.91 Å². The molecule has 0 saturated carbocycles. The second-order valence-electron chi connectivity index (χ2n) is 7.82. The molecule has 1 unspecified atom stereocenters. The van der Waals surface area contributed by atoms with E-state index in [2.05, 4.69) is 58.7 Å². The van der Waals surface area contributed by atoms with Crippen molar-refractivity contribution < 1.29 is 4.79 Å². The molecule has 1 amide bonds. The van der Waals surface area contributed by atoms with Crippen LogP contribution in [0.5, 0.6) is 0 Å². The summed E-state index contributed by atoms with van der Waals surface area (Å²) in [6, 6.07) is 30.9. The Kier molecular flexibility index (Phi) is 6.38. The summed E-state index contributed by atoms with van der Waals surface area (Å²) >= 11 is 0. The number of nitrogens with zero attached hydrogens (tertiary/aromatic N) is 1. The topological polar surface area (TPSA) is 32.3 Å². The molecule has 3 aromatic rings. The highest BCUT2D eigenvalue weighted by Crippen LogP contribution is 2.24. The van der Waals surface area contributed by atoms with Gasteiger partial charge in [-0.3, -0.25) is 9.69 Å². The molecule has 0 aromatic heterocycles. The van der Waals surface area contributed by atoms with Crippen LogP contribution in [-0.4, -0.2) is 23.9 Å². The fraction of sp³-hybridized carbons (Fsp3) is 0.269. The van der Waals surface area contributed by atoms with Gasteiger partial charge in [-0.05, 0) is 36.1 Å². The van der Waals surface area contributed by atoms with Gasteiger partial charge in [0.15, 0.2) is 0 Å². The van der Waals surface area contributed by atoms with Gasteiger partial charge in [-0.1, -0.05) is 91.0 Å². The smallest absolute Gasteiger partial charge is 0.225 e. The number of hydrogen-bond acceptors (Lipinski definition) is 2. The van der Waals surface area contributed by atoms with Gasteiger partial charge in [-0.15, -0.1) is 0 Å². The zero-order chi connectivity index (χ0) is 19.9. The van der Waals surface area contributed by atoms with Crippen molar-refractivity contribution in [1.82, 2.24) is 10.2 Å². The highest BCUT2D eigenvalue weighted by molar-refractivity contribution is 5.80. The number of rotatable bonds is 6. The fourth-order valence-electron chi connectivity index (χ4n) is 4.16. The molecule has 1 N–H and O–H groups in total. The highest BCUT2D eigenvalue weighted by Gasteiger charge is 2.28. The van der Waals surface area contributed by atoms with E-state index in [1.807, 2.05) is 42.5 Å². The normalized spacial score (nSPS) is 17.2. The third-order valence-electron chi connectivity index (χ3n) is 5.68. The molecule has 1 fully saturated rings. The molecule has 29 heavy (non-hydrogen) atoms. The molecule has 1 saturated heterocycles. The van der Waals surface area contributed by atoms with Crippen LogP contribution >= 0.6 is 0 Å². The van der Waals surface area contributed by atoms with Crippen LogP contribution in [0.2, 0.25) is 0 Å². The third kappa shape index (κ3) is 5.12. The molecule has 3 heteroatoms. The first-order valence-electron chi connectivity index (χ1n) is 10.5. The van der Waals surface area contributed by atoms with Gasteiger partial charge in [-0.2, -0.15) is 0 Å². The largest absolute Gasteiger partial charge is 0.345 e. The maximum atomic E-state index is 13.2. The molecule has 3 aromatic carbocycles. The van der Waals surface area contributed by atoms with E-state index in [0.717, 1.165) is 43.6 Å². The monoisotopic (exact) mass is 384 g/mol. The Balaban J connectivity index is 1.46. The van der Waals surface area contributed by atoms with Crippen molar-refractivity contribution in [3.05, 3.63) is 108 Å². The summed E-state index contributed by atoms with van der Waals surface area (Å²) in [4.78, 5) is 15.6. The SMILES string of the molecule is O=C(NC(c1ccccc1)c1ccccc1)C1CCCN(Cc2ccccc2)C1. The van der Waals surface area contributed by atoms with Crippen molar-refractivity contribution in [1.29, 1.82) is 0 Å². The van der Waals surface area contributed by atoms with Crippen LogP contribution in [0.25, 0.3) is 0 Å². The molecule has 1 atom stereocenters. The summed E-state index contributed by atoms with van der Waals surface area (Å²) in [5.41, 5.74) is 3.54. The Labute approximate surface area is 173 Å². The lowest BCUT2D eigenvalue weighted by Crippen LogP contribution is -2.43. The average molecular weight is 385 g/mol. The van der Waals surface area contributed by atoms with Gasteiger partial charge in [0.1, 0.15) is 0 Å². The fourth-order valence-corrected chi connectivity index (χ4v) is 4.16. The Morgan fingerprint density at radius 1 is 0.862 bits per heavy atom. The number of nitrogens with one attached hydrogen (secondary N) is 1. The molecule has 0 aliphatic carbocycles. The molecule has 0 bridgehead atoms. The first-order chi connectivity index (χ1) is 14.3. The molecule has 148 valence electrons. The maximum absolute atomic E-state index is 13.2. The quantitative estimate of drug-likeness (QED) is 0.662. The lowest BCUT2D eigenvalue weighted by molar-refractivity contribution is -0.127. The van der Waals surface area contributed by atoms with E-state index in [-0.39, 0.29) is 17.9 Å². The number of hydrogen-bond donors (Lipinski definition) is 1. The Morgan fingerprint density at radius 2 is 1.41 bits per heavy atom. The number of amides is 1. The average Bonchev–Trinajstić information content (AvgIpc) is 2.79. The summed E-state index contributed by atoms with van der Waals surface area (Å²) in [6.07, 6.45) is 2.01. The maximum Gasteiger partial charge on any atom is 0.225 e. The first kappa shape index (κ1) is 19.4. The molecule has 3 nitrogen and oxygen atoms in total. The van der Waals surface area contributed by atoms with Crippen LogP contribution < -0.4 is 5.32 Å². The number of likely N-dealkylation sites (tertiary alicyclic amines) is 1. The Hall–Kier alpha value is -2.91. The van der Waals surface area contributed by atoms with E-state index in [0.29, 0.717) is 0 Å². The number of benzene rings is 3. The van der Waals surface area contributed by atoms with Gasteiger partial charge < -0.3 is 5.32 Å². The third-order valence-corrected chi connectivity index (χ3v) is 5.68. The van der Waals surface area contributed by atoms with E-state index in [4.69, 9.17) is 0 Å². The number of carbonyl (C=O) groups excluding carboxylic acids is 1. The summed E-state index contributed by atoms with van der Waals surface area (Å²) < 4.78 is 0. The van der Waals surface area contributed by atoms with Crippen molar-refractivity contribution in [2.45, 2.75) is 25.4 Å². The predicted octanol–water partition coefficient (Wildman–Crippen LogP) is 4.80. The number of carbonyl (C=O) groups is 1. The minimum absolute atomic E-state index is 0.0300. The van der Waals surface area contributed by atoms with Crippen molar-refractivity contribution in [3.63, 3.8) is 0 Å². The first-order valence-corrected chi connectivity index (χ1v) is 10.5. The lowest BCUT2D eigenvalue weighted by atomic mass is 9.94. The van der Waals surface area contributed by atoms with Gasteiger partial charge in [0.25, 0.3) is 0 Å². The van der Waals surface area contributed by atoms with Crippen LogP contribution in [0, 0.1) is 5.92 Å². The molecule has 0 spiro atoms. The molecular weight excluding hydrogens is 356 g/mol. The second-order valence-corrected chi connectivity index (χ2v) is 7.82. The van der Waals surface area contributed by atoms with Gasteiger partial charge in [0.2, 0.25) is 5.91 Å². The summed E-state index contributed by atoms with van der Waals surface area (Å²) in [5, 5.41) is 3.34. The van der Waals surface area contributed by atoms with Crippen molar-refractivity contribution in [2.75, 3.05) is 13.1 Å². The molecular formula is C26H28N2O. The van der Waals surface area contributed by atoms with Crippen molar-refractivity contribution in [2.24, 2.45) is 5.92 Å². The van der Waals surface area contributed by atoms with E-state index in [9.17, 15) is 4.79 Å². The summed E-state index contributed by atoms with van der Waals surface area (Å²) in [6.45, 7) is 2.78. The molecule has 1 heterocycles. The summed E-state index contributed by atoms with van der Waals surface area (Å²) in [5.74, 6) is 0.183. The number of piperidine rings is 1. The lowest BCUT2D eigenvalue weighted by Gasteiger charge is -2.33. The zero-order valence-electron chi connectivity index (χ0n) is 16.7. The van der Waals surface area contributed by atoms with Crippen LogP contribution in [-0.2, 0) is 11.3 Å². The molecule has 1 aliphatic heterocycles. The molecule has 1 aliphatic rings. The van der Waals surface area contributed by atoms with E-state index in [1.54, 1.807) is 0 Å². The van der Waals surface area contributed by atoms with E-state index >= 15 is 0 Å². The molecule has 4 rings (SSSR count). The van der Waals surface area contributed by atoms with Crippen LogP contribution in [0.3, 0.4) is 0 Å². The van der Waals surface area contributed by atoms with Crippen LogP contribution in [0.15, 0.2) is 91.0 Å². The van der Waals surface area contributed by atoms with E-state index < -0.39 is 0 Å². The van der Waals surface area contributed by atoms with Gasteiger partial charge in [-0.25, -0.2) is 0 Å².